The van der Waals surface area contributed by atoms with Crippen LogP contribution in [0.15, 0.2) is 35.6 Å². The zero-order chi connectivity index (χ0) is 22.8. The van der Waals surface area contributed by atoms with Crippen LogP contribution in [-0.2, 0) is 17.0 Å². The molecular weight excluding hydrogens is 474 g/mol. The fourth-order valence-corrected chi connectivity index (χ4v) is 4.09. The first-order valence-corrected chi connectivity index (χ1v) is 11.2. The van der Waals surface area contributed by atoms with E-state index in [9.17, 15) is 17.6 Å². The molecule has 0 saturated heterocycles. The molecule has 0 saturated carbocycles. The van der Waals surface area contributed by atoms with Crippen LogP contribution >= 0.6 is 35.6 Å². The maximum Gasteiger partial charge on any atom is 0.435 e. The smallest absolute Gasteiger partial charge is 0.374 e. The van der Waals surface area contributed by atoms with Crippen molar-refractivity contribution in [3.8, 4) is 0 Å². The largest absolute Gasteiger partial charge is 0.435 e. The summed E-state index contributed by atoms with van der Waals surface area (Å²) >= 11 is 12.5. The number of hydrogen-bond acceptors (Lipinski definition) is 5. The molecule has 1 N–H and O–H groups in total. The van der Waals surface area contributed by atoms with Gasteiger partial charge in [0.05, 0.1) is 34.4 Å². The molecule has 0 aliphatic carbocycles. The van der Waals surface area contributed by atoms with Crippen LogP contribution in [0.5, 0.6) is 0 Å². The molecule has 0 spiro atoms. The van der Waals surface area contributed by atoms with Crippen LogP contribution < -0.4 is 5.32 Å². The summed E-state index contributed by atoms with van der Waals surface area (Å²) in [6.07, 6.45) is -2.00. The van der Waals surface area contributed by atoms with E-state index >= 15 is 0 Å². The lowest BCUT2D eigenvalue weighted by Gasteiger charge is -2.29. The molecule has 3 rings (SSSR count). The van der Waals surface area contributed by atoms with E-state index < -0.39 is 29.0 Å². The van der Waals surface area contributed by atoms with Gasteiger partial charge in [-0.25, -0.2) is 4.39 Å². The average Bonchev–Trinajstić information content (AvgIpc) is 3.16. The number of nitrogens with one attached hydrogen (secondary N) is 1. The van der Waals surface area contributed by atoms with E-state index in [2.05, 4.69) is 15.5 Å². The lowest BCUT2D eigenvalue weighted by atomic mass is 9.86. The molecule has 1 aromatic carbocycles. The molecule has 0 bridgehead atoms. The Morgan fingerprint density at radius 1 is 1.35 bits per heavy atom. The zero-order valence-electron chi connectivity index (χ0n) is 16.5. The first kappa shape index (κ1) is 23.7. The Kier molecular flexibility index (Phi) is 7.12. The third kappa shape index (κ3) is 4.96. The second kappa shape index (κ2) is 9.30. The van der Waals surface area contributed by atoms with E-state index in [0.29, 0.717) is 22.8 Å². The summed E-state index contributed by atoms with van der Waals surface area (Å²) in [6.45, 7) is 2.22. The number of aryl methyl sites for hydroxylation is 1. The maximum atomic E-state index is 14.0. The van der Waals surface area contributed by atoms with E-state index in [0.717, 1.165) is 29.5 Å². The van der Waals surface area contributed by atoms with Crippen LogP contribution in [0.1, 0.15) is 28.8 Å². The molecule has 2 aromatic rings. The van der Waals surface area contributed by atoms with Gasteiger partial charge in [0.25, 0.3) is 5.60 Å². The van der Waals surface area contributed by atoms with Crippen molar-refractivity contribution in [3.63, 3.8) is 0 Å². The van der Waals surface area contributed by atoms with E-state index in [1.54, 1.807) is 24.8 Å². The van der Waals surface area contributed by atoms with Crippen LogP contribution in [0, 0.1) is 12.7 Å². The fourth-order valence-electron chi connectivity index (χ4n) is 3.12. The van der Waals surface area contributed by atoms with Crippen molar-refractivity contribution in [2.45, 2.75) is 31.7 Å². The Balaban J connectivity index is 1.84. The molecule has 1 aliphatic heterocycles. The number of pyridine rings is 1. The molecule has 1 aromatic heterocycles. The topological polar surface area (TPSA) is 46.5 Å². The number of benzene rings is 1. The van der Waals surface area contributed by atoms with Crippen molar-refractivity contribution >= 4 is 46.3 Å². The number of rotatable bonds is 6. The molecule has 4 nitrogen and oxygen atoms in total. The summed E-state index contributed by atoms with van der Waals surface area (Å²) < 4.78 is 55.6. The Morgan fingerprint density at radius 3 is 2.71 bits per heavy atom. The first-order valence-electron chi connectivity index (χ1n) is 9.06. The molecule has 1 atom stereocenters. The Labute approximate surface area is 191 Å². The van der Waals surface area contributed by atoms with E-state index in [4.69, 9.17) is 28.7 Å². The average molecular weight is 492 g/mol. The minimum absolute atomic E-state index is 0.0887. The highest BCUT2D eigenvalue weighted by Crippen LogP contribution is 2.49. The number of aromatic nitrogens is 1. The molecule has 0 amide bonds. The summed E-state index contributed by atoms with van der Waals surface area (Å²) in [5.74, 6) is -0.129. The Bertz CT molecular complexity index is 1030. The van der Waals surface area contributed by atoms with Gasteiger partial charge in [-0.05, 0) is 36.9 Å². The third-order valence-corrected chi connectivity index (χ3v) is 6.16. The van der Waals surface area contributed by atoms with Gasteiger partial charge in [-0.3, -0.25) is 4.98 Å². The van der Waals surface area contributed by atoms with Gasteiger partial charge in [0.1, 0.15) is 5.82 Å². The molecule has 1 aliphatic rings. The standard InChI is InChI=1S/C20H18ClF4N3OS2/c1-11-5-12(8-26-17(11)9-27-18(30)10-31-2)16-7-19(29-28-16,20(23,24)25)13-3-4-15(22)14(21)6-13/h3-6,8H,7,9-10H2,1-2H3,(H,27,30). The van der Waals surface area contributed by atoms with Crippen molar-refractivity contribution in [2.75, 3.05) is 12.0 Å². The number of alkyl halides is 3. The molecule has 31 heavy (non-hydrogen) atoms. The van der Waals surface area contributed by atoms with E-state index in [1.165, 1.54) is 6.20 Å². The number of hydrogen-bond donors (Lipinski definition) is 1. The second-order valence-electron chi connectivity index (χ2n) is 6.96. The zero-order valence-corrected chi connectivity index (χ0v) is 18.9. The normalized spacial score (nSPS) is 18.5. The fraction of sp³-hybridized carbons (Fsp3) is 0.350. The van der Waals surface area contributed by atoms with Gasteiger partial charge in [0.15, 0.2) is 0 Å². The number of thiocarbonyl (C=S) groups is 1. The van der Waals surface area contributed by atoms with Gasteiger partial charge in [0.2, 0.25) is 0 Å². The van der Waals surface area contributed by atoms with Gasteiger partial charge >= 0.3 is 6.18 Å². The quantitative estimate of drug-likeness (QED) is 0.424. The third-order valence-electron chi connectivity index (χ3n) is 4.82. The predicted molar refractivity (Wildman–Crippen MR) is 118 cm³/mol. The van der Waals surface area contributed by atoms with Crippen molar-refractivity contribution in [3.05, 3.63) is 63.7 Å². The predicted octanol–water partition coefficient (Wildman–Crippen LogP) is 5.54. The summed E-state index contributed by atoms with van der Waals surface area (Å²) in [6, 6.07) is 4.50. The number of oxime groups is 1. The summed E-state index contributed by atoms with van der Waals surface area (Å²) in [7, 11) is 0. The highest BCUT2D eigenvalue weighted by molar-refractivity contribution is 8.00. The van der Waals surface area contributed by atoms with Crippen molar-refractivity contribution in [1.82, 2.24) is 10.3 Å². The van der Waals surface area contributed by atoms with Gasteiger partial charge in [-0.1, -0.05) is 35.0 Å². The highest BCUT2D eigenvalue weighted by atomic mass is 35.5. The summed E-state index contributed by atoms with van der Waals surface area (Å²) in [5, 5.41) is 6.38. The van der Waals surface area contributed by atoms with Gasteiger partial charge in [-0.15, -0.1) is 0 Å². The Morgan fingerprint density at radius 2 is 2.10 bits per heavy atom. The molecular formula is C20H18ClF4N3OS2. The van der Waals surface area contributed by atoms with Gasteiger partial charge in [-0.2, -0.15) is 24.9 Å². The Hall–Kier alpha value is -1.91. The number of halogens is 5. The molecule has 11 heteroatoms. The van der Waals surface area contributed by atoms with E-state index in [1.807, 2.05) is 6.26 Å². The van der Waals surface area contributed by atoms with Crippen molar-refractivity contribution in [1.29, 1.82) is 0 Å². The van der Waals surface area contributed by atoms with Crippen LogP contribution in [0.25, 0.3) is 0 Å². The highest BCUT2D eigenvalue weighted by Gasteiger charge is 2.62. The van der Waals surface area contributed by atoms with Crippen molar-refractivity contribution in [2.24, 2.45) is 5.16 Å². The lowest BCUT2D eigenvalue weighted by Crippen LogP contribution is -2.42. The molecule has 0 radical (unpaired) electrons. The minimum Gasteiger partial charge on any atom is -0.374 e. The minimum atomic E-state index is -4.81. The van der Waals surface area contributed by atoms with Crippen molar-refractivity contribution < 1.29 is 22.4 Å². The van der Waals surface area contributed by atoms with Gasteiger partial charge < -0.3 is 10.2 Å². The first-order chi connectivity index (χ1) is 14.6. The lowest BCUT2D eigenvalue weighted by molar-refractivity contribution is -0.275. The second-order valence-corrected chi connectivity index (χ2v) is 8.72. The monoisotopic (exact) mass is 491 g/mol. The SMILES string of the molecule is CSCC(=S)NCc1ncc(C2=NOC(c3ccc(F)c(Cl)c3)(C(F)(F)F)C2)cc1C. The van der Waals surface area contributed by atoms with Crippen LogP contribution in [0.4, 0.5) is 17.6 Å². The van der Waals surface area contributed by atoms with Crippen LogP contribution in [-0.4, -0.2) is 33.9 Å². The number of nitrogens with zero attached hydrogens (tertiary/aromatic N) is 2. The number of thioether (sulfide) groups is 1. The molecule has 1 unspecified atom stereocenters. The van der Waals surface area contributed by atoms with Crippen LogP contribution in [0.3, 0.4) is 0 Å². The molecule has 166 valence electrons. The molecule has 2 heterocycles. The van der Waals surface area contributed by atoms with Gasteiger partial charge in [0, 0.05) is 23.1 Å². The molecule has 0 fully saturated rings. The summed E-state index contributed by atoms with van der Waals surface area (Å²) in [4.78, 5) is 9.99. The van der Waals surface area contributed by atoms with E-state index in [-0.39, 0.29) is 11.3 Å². The summed E-state index contributed by atoms with van der Waals surface area (Å²) in [5.41, 5.74) is -1.08. The maximum absolute atomic E-state index is 14.0. The van der Waals surface area contributed by atoms with Crippen LogP contribution in [0.2, 0.25) is 5.02 Å².